The van der Waals surface area contributed by atoms with Crippen molar-refractivity contribution in [3.8, 4) is 22.8 Å². The zero-order chi connectivity index (χ0) is 18.4. The summed E-state index contributed by atoms with van der Waals surface area (Å²) in [6.07, 6.45) is 0.951. The number of benzene rings is 2. The van der Waals surface area contributed by atoms with Crippen molar-refractivity contribution in [2.24, 2.45) is 0 Å². The number of aromatic nitrogens is 1. The number of amides is 1. The molecule has 0 aliphatic carbocycles. The number of methoxy groups -OCH3 is 2. The summed E-state index contributed by atoms with van der Waals surface area (Å²) in [5, 5.41) is 5.42. The van der Waals surface area contributed by atoms with E-state index < -0.39 is 0 Å². The molecule has 1 N–H and O–H groups in total. The number of thiazole rings is 1. The fourth-order valence-electron chi connectivity index (χ4n) is 2.52. The highest BCUT2D eigenvalue weighted by Gasteiger charge is 2.09. The molecule has 2 aromatic carbocycles. The van der Waals surface area contributed by atoms with Gasteiger partial charge in [-0.15, -0.1) is 11.3 Å². The molecule has 0 aliphatic heterocycles. The molecule has 5 nitrogen and oxygen atoms in total. The lowest BCUT2D eigenvalue weighted by Gasteiger charge is -2.08. The minimum atomic E-state index is -0.0688. The Balaban J connectivity index is 1.59. The summed E-state index contributed by atoms with van der Waals surface area (Å²) in [7, 11) is 3.22. The molecule has 3 rings (SSSR count). The maximum atomic E-state index is 12.2. The minimum absolute atomic E-state index is 0.0688. The van der Waals surface area contributed by atoms with Gasteiger partial charge < -0.3 is 14.8 Å². The standard InChI is InChI=1S/C20H20N2O3S/c1-24-16-10-14(11-17(12-16)25-2)8-9-19(23)22-20-21-18(13-26-20)15-6-4-3-5-7-15/h3-7,10-13H,8-9H2,1-2H3,(H,21,22,23). The molecular weight excluding hydrogens is 348 g/mol. The molecule has 0 fully saturated rings. The molecule has 0 saturated carbocycles. The maximum absolute atomic E-state index is 12.2. The van der Waals surface area contributed by atoms with Gasteiger partial charge in [-0.05, 0) is 24.1 Å². The zero-order valence-corrected chi connectivity index (χ0v) is 15.5. The SMILES string of the molecule is COc1cc(CCC(=O)Nc2nc(-c3ccccc3)cs2)cc(OC)c1. The molecule has 3 aromatic rings. The summed E-state index contributed by atoms with van der Waals surface area (Å²) >= 11 is 1.42. The van der Waals surface area contributed by atoms with E-state index in [4.69, 9.17) is 9.47 Å². The number of aryl methyl sites for hydroxylation is 1. The van der Waals surface area contributed by atoms with Gasteiger partial charge in [0, 0.05) is 23.4 Å². The van der Waals surface area contributed by atoms with Crippen LogP contribution in [0.4, 0.5) is 5.13 Å². The smallest absolute Gasteiger partial charge is 0.226 e. The van der Waals surface area contributed by atoms with Crippen molar-refractivity contribution >= 4 is 22.4 Å². The Bertz CT molecular complexity index is 856. The molecule has 0 atom stereocenters. The van der Waals surface area contributed by atoms with Gasteiger partial charge in [0.25, 0.3) is 0 Å². The number of nitrogens with one attached hydrogen (secondary N) is 1. The Morgan fingerprint density at radius 2 is 1.77 bits per heavy atom. The number of nitrogens with zero attached hydrogens (tertiary/aromatic N) is 1. The summed E-state index contributed by atoms with van der Waals surface area (Å²) in [5.74, 6) is 1.36. The first-order chi connectivity index (χ1) is 12.7. The highest BCUT2D eigenvalue weighted by molar-refractivity contribution is 7.14. The Kier molecular flexibility index (Phi) is 5.86. The highest BCUT2D eigenvalue weighted by atomic mass is 32.1. The lowest BCUT2D eigenvalue weighted by Crippen LogP contribution is -2.12. The van der Waals surface area contributed by atoms with Crippen molar-refractivity contribution in [2.75, 3.05) is 19.5 Å². The Morgan fingerprint density at radius 3 is 2.42 bits per heavy atom. The predicted octanol–water partition coefficient (Wildman–Crippen LogP) is 4.40. The average Bonchev–Trinajstić information content (AvgIpc) is 3.15. The number of hydrogen-bond donors (Lipinski definition) is 1. The lowest BCUT2D eigenvalue weighted by atomic mass is 10.1. The van der Waals surface area contributed by atoms with Gasteiger partial charge >= 0.3 is 0 Å². The summed E-state index contributed by atoms with van der Waals surface area (Å²) in [6.45, 7) is 0. The number of hydrogen-bond acceptors (Lipinski definition) is 5. The summed E-state index contributed by atoms with van der Waals surface area (Å²) in [4.78, 5) is 16.7. The maximum Gasteiger partial charge on any atom is 0.226 e. The summed E-state index contributed by atoms with van der Waals surface area (Å²) in [5.41, 5.74) is 2.89. The predicted molar refractivity (Wildman–Crippen MR) is 104 cm³/mol. The molecule has 0 spiro atoms. The van der Waals surface area contributed by atoms with Gasteiger partial charge in [-0.25, -0.2) is 4.98 Å². The molecule has 1 aromatic heterocycles. The molecular formula is C20H20N2O3S. The van der Waals surface area contributed by atoms with E-state index in [2.05, 4.69) is 10.3 Å². The second-order valence-electron chi connectivity index (χ2n) is 5.67. The topological polar surface area (TPSA) is 60.5 Å². The van der Waals surface area contributed by atoms with Crippen LogP contribution in [0.15, 0.2) is 53.9 Å². The molecule has 0 unspecified atom stereocenters. The quantitative estimate of drug-likeness (QED) is 0.671. The molecule has 134 valence electrons. The third kappa shape index (κ3) is 4.61. The lowest BCUT2D eigenvalue weighted by molar-refractivity contribution is -0.116. The number of anilines is 1. The first-order valence-electron chi connectivity index (χ1n) is 8.20. The van der Waals surface area contributed by atoms with Crippen molar-refractivity contribution in [1.82, 2.24) is 4.98 Å². The largest absolute Gasteiger partial charge is 0.497 e. The number of ether oxygens (including phenoxy) is 2. The van der Waals surface area contributed by atoms with Gasteiger partial charge in [0.2, 0.25) is 5.91 Å². The molecule has 1 heterocycles. The fourth-order valence-corrected chi connectivity index (χ4v) is 3.26. The van der Waals surface area contributed by atoms with Crippen LogP contribution in [0.3, 0.4) is 0 Å². The van der Waals surface area contributed by atoms with E-state index in [-0.39, 0.29) is 5.91 Å². The molecule has 0 bridgehead atoms. The van der Waals surface area contributed by atoms with Crippen LogP contribution < -0.4 is 14.8 Å². The molecule has 0 aliphatic rings. The van der Waals surface area contributed by atoms with Crippen LogP contribution in [-0.2, 0) is 11.2 Å². The third-order valence-electron chi connectivity index (χ3n) is 3.87. The first-order valence-corrected chi connectivity index (χ1v) is 9.08. The first kappa shape index (κ1) is 17.9. The highest BCUT2D eigenvalue weighted by Crippen LogP contribution is 2.25. The van der Waals surface area contributed by atoms with Crippen LogP contribution in [0.2, 0.25) is 0 Å². The van der Waals surface area contributed by atoms with Gasteiger partial charge in [-0.1, -0.05) is 30.3 Å². The number of carbonyl (C=O) groups excluding carboxylic acids is 1. The summed E-state index contributed by atoms with van der Waals surface area (Å²) in [6, 6.07) is 15.5. The number of carbonyl (C=O) groups is 1. The molecule has 0 saturated heterocycles. The van der Waals surface area contributed by atoms with E-state index in [1.807, 2.05) is 53.9 Å². The molecule has 6 heteroatoms. The molecule has 1 amide bonds. The van der Waals surface area contributed by atoms with E-state index >= 15 is 0 Å². The van der Waals surface area contributed by atoms with Gasteiger partial charge in [0.05, 0.1) is 19.9 Å². The minimum Gasteiger partial charge on any atom is -0.497 e. The van der Waals surface area contributed by atoms with Crippen LogP contribution >= 0.6 is 11.3 Å². The van der Waals surface area contributed by atoms with E-state index in [1.165, 1.54) is 11.3 Å². The third-order valence-corrected chi connectivity index (χ3v) is 4.63. The zero-order valence-electron chi connectivity index (χ0n) is 14.7. The van der Waals surface area contributed by atoms with Crippen molar-refractivity contribution in [1.29, 1.82) is 0 Å². The van der Waals surface area contributed by atoms with Gasteiger partial charge in [0.1, 0.15) is 11.5 Å². The van der Waals surface area contributed by atoms with Gasteiger partial charge in [-0.2, -0.15) is 0 Å². The Morgan fingerprint density at radius 1 is 1.08 bits per heavy atom. The molecule has 26 heavy (non-hydrogen) atoms. The van der Waals surface area contributed by atoms with Crippen molar-refractivity contribution in [2.45, 2.75) is 12.8 Å². The van der Waals surface area contributed by atoms with Crippen molar-refractivity contribution < 1.29 is 14.3 Å². The van der Waals surface area contributed by atoms with Gasteiger partial charge in [-0.3, -0.25) is 4.79 Å². The Labute approximate surface area is 156 Å². The second kappa shape index (κ2) is 8.49. The number of rotatable bonds is 7. The Hall–Kier alpha value is -2.86. The van der Waals surface area contributed by atoms with Gasteiger partial charge in [0.15, 0.2) is 5.13 Å². The van der Waals surface area contributed by atoms with Crippen LogP contribution in [0.5, 0.6) is 11.5 Å². The summed E-state index contributed by atoms with van der Waals surface area (Å²) < 4.78 is 10.5. The van der Waals surface area contributed by atoms with E-state index in [0.717, 1.165) is 16.8 Å². The average molecular weight is 368 g/mol. The normalized spacial score (nSPS) is 10.4. The van der Waals surface area contributed by atoms with E-state index in [0.29, 0.717) is 29.5 Å². The van der Waals surface area contributed by atoms with Crippen molar-refractivity contribution in [3.05, 3.63) is 59.5 Å². The van der Waals surface area contributed by atoms with E-state index in [1.54, 1.807) is 14.2 Å². The van der Waals surface area contributed by atoms with Crippen LogP contribution in [-0.4, -0.2) is 25.1 Å². The fraction of sp³-hybridized carbons (Fsp3) is 0.200. The van der Waals surface area contributed by atoms with Crippen LogP contribution in [0, 0.1) is 0 Å². The van der Waals surface area contributed by atoms with E-state index in [9.17, 15) is 4.79 Å². The monoisotopic (exact) mass is 368 g/mol. The van der Waals surface area contributed by atoms with Crippen molar-refractivity contribution in [3.63, 3.8) is 0 Å². The molecule has 0 radical (unpaired) electrons. The van der Waals surface area contributed by atoms with Crippen LogP contribution in [0.25, 0.3) is 11.3 Å². The van der Waals surface area contributed by atoms with Crippen LogP contribution in [0.1, 0.15) is 12.0 Å². The second-order valence-corrected chi connectivity index (χ2v) is 6.53.